The van der Waals surface area contributed by atoms with Gasteiger partial charge in [-0.15, -0.1) is 0 Å². The van der Waals surface area contributed by atoms with Gasteiger partial charge < -0.3 is 5.73 Å². The number of anilines is 1. The fourth-order valence-electron chi connectivity index (χ4n) is 0.945. The Kier molecular flexibility index (Phi) is 3.53. The maximum Gasteiger partial charge on any atom is 0.490 e. The number of primary amides is 1. The lowest BCUT2D eigenvalue weighted by molar-refractivity contribution is -0.0379. The molecule has 0 heterocycles. The molecule has 1 atom stereocenters. The van der Waals surface area contributed by atoms with E-state index >= 15 is 0 Å². The van der Waals surface area contributed by atoms with Crippen molar-refractivity contribution in [3.8, 4) is 0 Å². The van der Waals surface area contributed by atoms with E-state index in [9.17, 15) is 22.2 Å². The van der Waals surface area contributed by atoms with Crippen LogP contribution in [0.4, 0.5) is 18.9 Å². The number of benzene rings is 1. The smallest absolute Gasteiger partial charge is 0.366 e. The second-order valence-corrected chi connectivity index (χ2v) is 3.93. The van der Waals surface area contributed by atoms with Gasteiger partial charge in [-0.25, -0.2) is 4.21 Å². The van der Waals surface area contributed by atoms with Gasteiger partial charge in [-0.1, -0.05) is 12.1 Å². The largest absolute Gasteiger partial charge is 0.490 e. The van der Waals surface area contributed by atoms with Crippen LogP contribution in [0.25, 0.3) is 0 Å². The number of carbonyl (C=O) groups is 1. The highest BCUT2D eigenvalue weighted by Gasteiger charge is 2.37. The van der Waals surface area contributed by atoms with Crippen LogP contribution < -0.4 is 10.5 Å². The fourth-order valence-corrected chi connectivity index (χ4v) is 1.44. The van der Waals surface area contributed by atoms with E-state index in [0.717, 1.165) is 0 Å². The number of rotatable bonds is 3. The van der Waals surface area contributed by atoms with Gasteiger partial charge in [0.1, 0.15) is 0 Å². The monoisotopic (exact) mass is 252 g/mol. The zero-order valence-electron chi connectivity index (χ0n) is 7.75. The number of nitrogens with two attached hydrogens (primary N) is 1. The number of hydrogen-bond acceptors (Lipinski definition) is 2. The van der Waals surface area contributed by atoms with E-state index in [0.29, 0.717) is 0 Å². The number of alkyl halides is 3. The van der Waals surface area contributed by atoms with Crippen LogP contribution in [0.5, 0.6) is 0 Å². The first-order chi connectivity index (χ1) is 7.32. The van der Waals surface area contributed by atoms with E-state index in [1.165, 1.54) is 24.3 Å². The Labute approximate surface area is 91.2 Å². The van der Waals surface area contributed by atoms with Crippen LogP contribution >= 0.6 is 0 Å². The van der Waals surface area contributed by atoms with Crippen molar-refractivity contribution in [2.24, 2.45) is 5.73 Å². The van der Waals surface area contributed by atoms with Crippen molar-refractivity contribution in [2.45, 2.75) is 5.51 Å². The van der Waals surface area contributed by atoms with E-state index in [1.54, 1.807) is 4.72 Å². The molecule has 1 unspecified atom stereocenters. The molecule has 1 aromatic carbocycles. The molecule has 0 aliphatic rings. The number of carbonyl (C=O) groups excluding carboxylic acids is 1. The predicted molar refractivity (Wildman–Crippen MR) is 52.8 cm³/mol. The summed E-state index contributed by atoms with van der Waals surface area (Å²) in [4.78, 5) is 10.9. The average Bonchev–Trinajstić information content (AvgIpc) is 2.16. The van der Waals surface area contributed by atoms with Gasteiger partial charge in [-0.05, 0) is 12.1 Å². The SMILES string of the molecule is NC(=O)c1ccccc1NS(=O)C(F)(F)F. The highest BCUT2D eigenvalue weighted by Crippen LogP contribution is 2.23. The highest BCUT2D eigenvalue weighted by atomic mass is 32.2. The summed E-state index contributed by atoms with van der Waals surface area (Å²) in [7, 11) is -3.27. The average molecular weight is 252 g/mol. The molecular weight excluding hydrogens is 245 g/mol. The molecule has 8 heteroatoms. The number of amides is 1. The first-order valence-corrected chi connectivity index (χ1v) is 5.11. The van der Waals surface area contributed by atoms with Gasteiger partial charge in [0.25, 0.3) is 5.91 Å². The molecule has 1 rings (SSSR count). The van der Waals surface area contributed by atoms with Gasteiger partial charge in [0, 0.05) is 0 Å². The third-order valence-corrected chi connectivity index (χ3v) is 2.43. The van der Waals surface area contributed by atoms with Crippen molar-refractivity contribution < 1.29 is 22.2 Å². The first-order valence-electron chi connectivity index (χ1n) is 3.96. The van der Waals surface area contributed by atoms with Crippen molar-refractivity contribution in [2.75, 3.05) is 4.72 Å². The summed E-state index contributed by atoms with van der Waals surface area (Å²) in [5, 5.41) is 0. The van der Waals surface area contributed by atoms with E-state index in [4.69, 9.17) is 5.73 Å². The van der Waals surface area contributed by atoms with Crippen LogP contribution in [-0.2, 0) is 11.0 Å². The number of nitrogens with one attached hydrogen (secondary N) is 1. The molecular formula is C8H7F3N2O2S. The molecule has 4 nitrogen and oxygen atoms in total. The lowest BCUT2D eigenvalue weighted by Crippen LogP contribution is -2.24. The standard InChI is InChI=1S/C8H7F3N2O2S/c9-8(10,11)16(15)13-6-4-2-1-3-5(6)7(12)14/h1-4,13H,(H2,12,14). The summed E-state index contributed by atoms with van der Waals surface area (Å²) in [6.07, 6.45) is 0. The molecule has 0 aliphatic heterocycles. The highest BCUT2D eigenvalue weighted by molar-refractivity contribution is 7.87. The Morgan fingerprint density at radius 1 is 1.31 bits per heavy atom. The summed E-state index contributed by atoms with van der Waals surface area (Å²) < 4.78 is 48.4. The predicted octanol–water partition coefficient (Wildman–Crippen LogP) is 1.38. The first kappa shape index (κ1) is 12.5. The molecule has 0 aliphatic carbocycles. The van der Waals surface area contributed by atoms with Crippen molar-refractivity contribution >= 4 is 22.6 Å². The molecule has 0 bridgehead atoms. The van der Waals surface area contributed by atoms with Gasteiger partial charge in [0.2, 0.25) is 11.0 Å². The molecule has 88 valence electrons. The summed E-state index contributed by atoms with van der Waals surface area (Å²) in [5.41, 5.74) is -0.328. The lowest BCUT2D eigenvalue weighted by atomic mass is 10.2. The molecule has 1 amide bonds. The molecule has 0 radical (unpaired) electrons. The van der Waals surface area contributed by atoms with E-state index in [-0.39, 0.29) is 11.3 Å². The Morgan fingerprint density at radius 2 is 1.88 bits per heavy atom. The summed E-state index contributed by atoms with van der Waals surface area (Å²) in [6, 6.07) is 5.24. The summed E-state index contributed by atoms with van der Waals surface area (Å²) >= 11 is 0. The normalized spacial score (nSPS) is 13.2. The van der Waals surface area contributed by atoms with Crippen molar-refractivity contribution in [1.82, 2.24) is 0 Å². The van der Waals surface area contributed by atoms with Crippen LogP contribution in [0.3, 0.4) is 0 Å². The van der Waals surface area contributed by atoms with Gasteiger partial charge in [-0.2, -0.15) is 13.2 Å². The zero-order valence-corrected chi connectivity index (χ0v) is 8.56. The molecule has 0 spiro atoms. The molecule has 16 heavy (non-hydrogen) atoms. The number of hydrogen-bond donors (Lipinski definition) is 2. The molecule has 0 saturated heterocycles. The Balaban J connectivity index is 2.98. The van der Waals surface area contributed by atoms with Crippen LogP contribution in [0.2, 0.25) is 0 Å². The van der Waals surface area contributed by atoms with Gasteiger partial charge in [0.05, 0.1) is 11.3 Å². The Bertz CT molecular complexity index is 434. The Morgan fingerprint density at radius 3 is 2.38 bits per heavy atom. The lowest BCUT2D eigenvalue weighted by Gasteiger charge is -2.10. The number of para-hydroxylation sites is 1. The maximum atomic E-state index is 12.0. The topological polar surface area (TPSA) is 72.2 Å². The molecule has 1 aromatic rings. The van der Waals surface area contributed by atoms with Gasteiger partial charge in [0.15, 0.2) is 0 Å². The van der Waals surface area contributed by atoms with Gasteiger partial charge in [-0.3, -0.25) is 9.52 Å². The fraction of sp³-hybridized carbons (Fsp3) is 0.125. The third kappa shape index (κ3) is 2.96. The van der Waals surface area contributed by atoms with Crippen LogP contribution in [0, 0.1) is 0 Å². The zero-order chi connectivity index (χ0) is 12.3. The third-order valence-electron chi connectivity index (χ3n) is 1.61. The van der Waals surface area contributed by atoms with Crippen LogP contribution in [0.1, 0.15) is 10.4 Å². The number of halogens is 3. The van der Waals surface area contributed by atoms with E-state index < -0.39 is 22.4 Å². The van der Waals surface area contributed by atoms with Gasteiger partial charge >= 0.3 is 5.51 Å². The van der Waals surface area contributed by atoms with Crippen molar-refractivity contribution in [3.05, 3.63) is 29.8 Å². The van der Waals surface area contributed by atoms with Crippen molar-refractivity contribution in [1.29, 1.82) is 0 Å². The minimum atomic E-state index is -4.90. The summed E-state index contributed by atoms with van der Waals surface area (Å²) in [6.45, 7) is 0. The minimum absolute atomic E-state index is 0.153. The van der Waals surface area contributed by atoms with E-state index in [2.05, 4.69) is 0 Å². The van der Waals surface area contributed by atoms with Crippen molar-refractivity contribution in [3.63, 3.8) is 0 Å². The van der Waals surface area contributed by atoms with Crippen LogP contribution in [-0.4, -0.2) is 15.6 Å². The second-order valence-electron chi connectivity index (χ2n) is 2.73. The second kappa shape index (κ2) is 4.52. The van der Waals surface area contributed by atoms with E-state index in [1.807, 2.05) is 0 Å². The minimum Gasteiger partial charge on any atom is -0.366 e. The summed E-state index contributed by atoms with van der Waals surface area (Å²) in [5.74, 6) is -0.901. The quantitative estimate of drug-likeness (QED) is 0.853. The molecule has 0 aromatic heterocycles. The molecule has 0 fully saturated rings. The molecule has 0 saturated carbocycles. The van der Waals surface area contributed by atoms with Crippen LogP contribution in [0.15, 0.2) is 24.3 Å². The molecule has 3 N–H and O–H groups in total. The maximum absolute atomic E-state index is 12.0. The Hall–Kier alpha value is -1.57.